The van der Waals surface area contributed by atoms with Gasteiger partial charge in [-0.25, -0.2) is 4.98 Å². The van der Waals surface area contributed by atoms with Gasteiger partial charge in [-0.05, 0) is 18.6 Å². The van der Waals surface area contributed by atoms with Crippen LogP contribution in [0.15, 0.2) is 18.3 Å². The quantitative estimate of drug-likeness (QED) is 0.679. The molecule has 0 aliphatic carbocycles. The van der Waals surface area contributed by atoms with Crippen molar-refractivity contribution in [1.29, 1.82) is 0 Å². The highest BCUT2D eigenvalue weighted by Crippen LogP contribution is 2.12. The second kappa shape index (κ2) is 6.17. The number of halogens is 1. The summed E-state index contributed by atoms with van der Waals surface area (Å²) in [4.78, 5) is 25.6. The molecule has 1 unspecified atom stereocenters. The number of carbonyl (C=O) groups excluding carboxylic acids is 1. The minimum Gasteiger partial charge on any atom is -0.481 e. The van der Waals surface area contributed by atoms with E-state index in [4.69, 9.17) is 22.4 Å². The normalized spacial score (nSPS) is 11.9. The molecule has 0 aliphatic rings. The highest BCUT2D eigenvalue weighted by molar-refractivity contribution is 6.29. The third-order valence-electron chi connectivity index (χ3n) is 2.00. The molecule has 0 saturated carbocycles. The van der Waals surface area contributed by atoms with Crippen LogP contribution in [0.25, 0.3) is 0 Å². The first-order valence-corrected chi connectivity index (χ1v) is 5.26. The summed E-state index contributed by atoms with van der Waals surface area (Å²) in [7, 11) is 0. The lowest BCUT2D eigenvalue weighted by atomic mass is 10.1. The van der Waals surface area contributed by atoms with E-state index < -0.39 is 17.9 Å². The van der Waals surface area contributed by atoms with Crippen LogP contribution in [0.3, 0.4) is 0 Å². The summed E-state index contributed by atoms with van der Waals surface area (Å²) in [5, 5.41) is 11.2. The van der Waals surface area contributed by atoms with Gasteiger partial charge in [0.2, 0.25) is 5.91 Å². The Morgan fingerprint density at radius 2 is 2.29 bits per heavy atom. The van der Waals surface area contributed by atoms with Crippen LogP contribution in [0.5, 0.6) is 0 Å². The predicted octanol–water partition coefficient (Wildman–Crippen LogP) is 0.866. The van der Waals surface area contributed by atoms with E-state index in [2.05, 4.69) is 10.3 Å². The molecule has 0 bridgehead atoms. The summed E-state index contributed by atoms with van der Waals surface area (Å²) in [6.07, 6.45) is 1.38. The predicted molar refractivity (Wildman–Crippen MR) is 62.7 cm³/mol. The molecular weight excluding hydrogens is 246 g/mol. The summed E-state index contributed by atoms with van der Waals surface area (Å²) in [5.41, 5.74) is 6.00. The number of carboxylic acid groups (broad SMARTS) is 1. The molecule has 1 atom stereocenters. The molecule has 0 aliphatic heterocycles. The van der Waals surface area contributed by atoms with E-state index in [9.17, 15) is 9.59 Å². The van der Waals surface area contributed by atoms with E-state index in [0.29, 0.717) is 5.69 Å². The number of rotatable bonds is 5. The van der Waals surface area contributed by atoms with Gasteiger partial charge in [-0.2, -0.15) is 0 Å². The summed E-state index contributed by atoms with van der Waals surface area (Å²) in [6.45, 7) is 0. The van der Waals surface area contributed by atoms with Crippen molar-refractivity contribution in [3.05, 3.63) is 23.5 Å². The Kier molecular flexibility index (Phi) is 4.86. The molecule has 4 N–H and O–H groups in total. The second-order valence-corrected chi connectivity index (χ2v) is 3.78. The van der Waals surface area contributed by atoms with Gasteiger partial charge in [-0.15, -0.1) is 0 Å². The fourth-order valence-electron chi connectivity index (χ4n) is 1.13. The number of hydrogen-bond donors (Lipinski definition) is 3. The smallest absolute Gasteiger partial charge is 0.303 e. The molecule has 1 aromatic rings. The topological polar surface area (TPSA) is 105 Å². The molecule has 0 fully saturated rings. The molecule has 1 aromatic heterocycles. The van der Waals surface area contributed by atoms with Crippen molar-refractivity contribution in [2.45, 2.75) is 18.9 Å². The van der Waals surface area contributed by atoms with Crippen LogP contribution in [-0.4, -0.2) is 28.0 Å². The zero-order chi connectivity index (χ0) is 12.8. The Morgan fingerprint density at radius 1 is 1.59 bits per heavy atom. The van der Waals surface area contributed by atoms with Crippen molar-refractivity contribution < 1.29 is 14.7 Å². The standard InChI is InChI=1S/C10H12ClN3O3/c11-8-5-6(3-4-13-8)14-10(17)7(12)1-2-9(15)16/h3-5,7H,1-2,12H2,(H,15,16)(H,13,14,17). The maximum atomic E-state index is 11.5. The average Bonchev–Trinajstić information content (AvgIpc) is 2.25. The lowest BCUT2D eigenvalue weighted by Crippen LogP contribution is -2.36. The van der Waals surface area contributed by atoms with E-state index in [1.54, 1.807) is 6.07 Å². The van der Waals surface area contributed by atoms with Gasteiger partial charge >= 0.3 is 5.97 Å². The largest absolute Gasteiger partial charge is 0.481 e. The summed E-state index contributed by atoms with van der Waals surface area (Å²) >= 11 is 5.64. The molecule has 6 nitrogen and oxygen atoms in total. The first-order valence-electron chi connectivity index (χ1n) is 4.89. The van der Waals surface area contributed by atoms with E-state index in [-0.39, 0.29) is 18.0 Å². The van der Waals surface area contributed by atoms with Crippen LogP contribution < -0.4 is 11.1 Å². The van der Waals surface area contributed by atoms with Crippen LogP contribution in [-0.2, 0) is 9.59 Å². The fourth-order valence-corrected chi connectivity index (χ4v) is 1.30. The van der Waals surface area contributed by atoms with Gasteiger partial charge in [0.1, 0.15) is 5.15 Å². The molecule has 0 aromatic carbocycles. The van der Waals surface area contributed by atoms with E-state index in [0.717, 1.165) is 0 Å². The van der Waals surface area contributed by atoms with Gasteiger partial charge in [0.25, 0.3) is 0 Å². The minimum atomic E-state index is -0.986. The molecule has 1 rings (SSSR count). The van der Waals surface area contributed by atoms with Gasteiger partial charge in [-0.3, -0.25) is 9.59 Å². The van der Waals surface area contributed by atoms with Crippen molar-refractivity contribution in [3.63, 3.8) is 0 Å². The number of aromatic nitrogens is 1. The number of carbonyl (C=O) groups is 2. The Bertz CT molecular complexity index is 425. The zero-order valence-electron chi connectivity index (χ0n) is 8.89. The lowest BCUT2D eigenvalue weighted by molar-refractivity contribution is -0.137. The van der Waals surface area contributed by atoms with Gasteiger partial charge in [-0.1, -0.05) is 11.6 Å². The first kappa shape index (κ1) is 13.4. The van der Waals surface area contributed by atoms with Gasteiger partial charge < -0.3 is 16.2 Å². The fraction of sp³-hybridized carbons (Fsp3) is 0.300. The van der Waals surface area contributed by atoms with Crippen LogP contribution in [0, 0.1) is 0 Å². The minimum absolute atomic E-state index is 0.0833. The maximum Gasteiger partial charge on any atom is 0.303 e. The number of nitrogens with zero attached hydrogens (tertiary/aromatic N) is 1. The molecular formula is C10H12ClN3O3. The second-order valence-electron chi connectivity index (χ2n) is 3.40. The van der Waals surface area contributed by atoms with Crippen LogP contribution in [0.2, 0.25) is 5.15 Å². The van der Waals surface area contributed by atoms with E-state index >= 15 is 0 Å². The van der Waals surface area contributed by atoms with Gasteiger partial charge in [0, 0.05) is 18.3 Å². The molecule has 0 saturated heterocycles. The number of hydrogen-bond acceptors (Lipinski definition) is 4. The van der Waals surface area contributed by atoms with Crippen LogP contribution >= 0.6 is 11.6 Å². The number of nitrogens with two attached hydrogens (primary N) is 1. The number of anilines is 1. The first-order chi connectivity index (χ1) is 7.99. The molecule has 7 heteroatoms. The Labute approximate surface area is 103 Å². The number of carboxylic acids is 1. The summed E-state index contributed by atoms with van der Waals surface area (Å²) < 4.78 is 0. The molecule has 1 heterocycles. The number of aliphatic carboxylic acids is 1. The average molecular weight is 258 g/mol. The monoisotopic (exact) mass is 257 g/mol. The SMILES string of the molecule is NC(CCC(=O)O)C(=O)Nc1ccnc(Cl)c1. The molecule has 0 spiro atoms. The molecule has 17 heavy (non-hydrogen) atoms. The van der Waals surface area contributed by atoms with Gasteiger partial charge in [0.05, 0.1) is 6.04 Å². The van der Waals surface area contributed by atoms with Crippen molar-refractivity contribution in [3.8, 4) is 0 Å². The highest BCUT2D eigenvalue weighted by atomic mass is 35.5. The summed E-state index contributed by atoms with van der Waals surface area (Å²) in [5.74, 6) is -1.44. The molecule has 0 radical (unpaired) electrons. The lowest BCUT2D eigenvalue weighted by Gasteiger charge is -2.10. The number of pyridine rings is 1. The van der Waals surface area contributed by atoms with E-state index in [1.807, 2.05) is 0 Å². The number of amides is 1. The zero-order valence-corrected chi connectivity index (χ0v) is 9.65. The highest BCUT2D eigenvalue weighted by Gasteiger charge is 2.15. The van der Waals surface area contributed by atoms with Crippen molar-refractivity contribution in [2.75, 3.05) is 5.32 Å². The maximum absolute atomic E-state index is 11.5. The Morgan fingerprint density at radius 3 is 2.88 bits per heavy atom. The molecule has 1 amide bonds. The third kappa shape index (κ3) is 4.80. The third-order valence-corrected chi connectivity index (χ3v) is 2.21. The van der Waals surface area contributed by atoms with Crippen molar-refractivity contribution >= 4 is 29.2 Å². The van der Waals surface area contributed by atoms with Gasteiger partial charge in [0.15, 0.2) is 0 Å². The summed E-state index contributed by atoms with van der Waals surface area (Å²) in [6, 6.07) is 2.18. The van der Waals surface area contributed by atoms with Crippen LogP contribution in [0.4, 0.5) is 5.69 Å². The molecule has 92 valence electrons. The van der Waals surface area contributed by atoms with Crippen molar-refractivity contribution in [2.24, 2.45) is 5.73 Å². The Balaban J connectivity index is 2.51. The van der Waals surface area contributed by atoms with Crippen molar-refractivity contribution in [1.82, 2.24) is 4.98 Å². The number of nitrogens with one attached hydrogen (secondary N) is 1. The Hall–Kier alpha value is -1.66. The van der Waals surface area contributed by atoms with E-state index in [1.165, 1.54) is 12.3 Å². The van der Waals surface area contributed by atoms with Crippen LogP contribution in [0.1, 0.15) is 12.8 Å².